The maximum Gasteiger partial charge on any atom is 0.264 e. The molecule has 1 amide bonds. The number of nitrogens with zero attached hydrogens (tertiary/aromatic N) is 3. The Morgan fingerprint density at radius 1 is 1.29 bits per heavy atom. The van der Waals surface area contributed by atoms with Crippen molar-refractivity contribution in [1.82, 2.24) is 14.5 Å². The maximum absolute atomic E-state index is 13.7. The summed E-state index contributed by atoms with van der Waals surface area (Å²) in [4.78, 5) is 21.1. The van der Waals surface area contributed by atoms with Gasteiger partial charge in [-0.1, -0.05) is 12.1 Å². The first-order valence-corrected chi connectivity index (χ1v) is 10.1. The van der Waals surface area contributed by atoms with Crippen molar-refractivity contribution in [3.05, 3.63) is 64.0 Å². The summed E-state index contributed by atoms with van der Waals surface area (Å²) in [5, 5.41) is 0. The SMILES string of the molecule is Cc1ccc(C(=O)N2CC[C@@]3(C2)Cn2c(-c4cccc(F)c4)cnc2CO3)s1. The number of hydrogen-bond acceptors (Lipinski definition) is 4. The number of rotatable bonds is 2. The van der Waals surface area contributed by atoms with Crippen LogP contribution in [0.4, 0.5) is 4.39 Å². The standard InChI is InChI=1S/C21H20FN3O2S/c1-14-5-6-18(28-14)20(26)24-8-7-21(12-24)13-25-17(10-23-19(25)11-27-21)15-3-2-4-16(22)9-15/h2-6,9-10H,7-8,11-13H2,1H3/t21-/m1/s1. The Kier molecular flexibility index (Phi) is 4.10. The van der Waals surface area contributed by atoms with Crippen molar-refractivity contribution in [1.29, 1.82) is 0 Å². The normalized spacial score (nSPS) is 21.3. The second-order valence-electron chi connectivity index (χ2n) is 7.51. The third-order valence-corrected chi connectivity index (χ3v) is 6.56. The molecule has 7 heteroatoms. The molecule has 1 atom stereocenters. The van der Waals surface area contributed by atoms with Crippen LogP contribution in [-0.2, 0) is 17.9 Å². The number of fused-ring (bicyclic) bond motifs is 1. The number of carbonyl (C=O) groups is 1. The summed E-state index contributed by atoms with van der Waals surface area (Å²) in [6.45, 7) is 4.25. The Hall–Kier alpha value is -2.51. The van der Waals surface area contributed by atoms with E-state index in [0.717, 1.165) is 33.3 Å². The van der Waals surface area contributed by atoms with Crippen LogP contribution in [0.2, 0.25) is 0 Å². The van der Waals surface area contributed by atoms with Crippen LogP contribution in [0.5, 0.6) is 0 Å². The lowest BCUT2D eigenvalue weighted by Gasteiger charge is -2.35. The molecule has 3 aromatic rings. The van der Waals surface area contributed by atoms with Crippen LogP contribution in [0.1, 0.15) is 26.8 Å². The smallest absolute Gasteiger partial charge is 0.264 e. The Morgan fingerprint density at radius 3 is 2.96 bits per heavy atom. The summed E-state index contributed by atoms with van der Waals surface area (Å²) in [7, 11) is 0. The van der Waals surface area contributed by atoms with Crippen molar-refractivity contribution in [2.45, 2.75) is 32.1 Å². The van der Waals surface area contributed by atoms with Crippen molar-refractivity contribution in [2.75, 3.05) is 13.1 Å². The summed E-state index contributed by atoms with van der Waals surface area (Å²) < 4.78 is 22.0. The highest BCUT2D eigenvalue weighted by Crippen LogP contribution is 2.36. The zero-order chi connectivity index (χ0) is 19.3. The predicted molar refractivity (Wildman–Crippen MR) is 105 cm³/mol. The number of ether oxygens (including phenoxy) is 1. The Bertz CT molecular complexity index is 1060. The van der Waals surface area contributed by atoms with Gasteiger partial charge in [-0.2, -0.15) is 0 Å². The molecule has 0 unspecified atom stereocenters. The molecule has 0 aliphatic carbocycles. The molecule has 4 heterocycles. The number of imidazole rings is 1. The summed E-state index contributed by atoms with van der Waals surface area (Å²) in [6, 6.07) is 10.4. The molecular formula is C21H20FN3O2S. The van der Waals surface area contributed by atoms with Gasteiger partial charge in [0, 0.05) is 17.0 Å². The highest BCUT2D eigenvalue weighted by molar-refractivity contribution is 7.13. The average Bonchev–Trinajstić information content (AvgIpc) is 3.40. The van der Waals surface area contributed by atoms with Crippen LogP contribution in [0.15, 0.2) is 42.6 Å². The van der Waals surface area contributed by atoms with E-state index in [-0.39, 0.29) is 11.7 Å². The van der Waals surface area contributed by atoms with Gasteiger partial charge < -0.3 is 14.2 Å². The van der Waals surface area contributed by atoms with Gasteiger partial charge in [-0.05, 0) is 37.6 Å². The molecule has 2 aromatic heterocycles. The second-order valence-corrected chi connectivity index (χ2v) is 8.80. The molecule has 1 saturated heterocycles. The van der Waals surface area contributed by atoms with Gasteiger partial charge in [0.05, 0.1) is 29.9 Å². The minimum Gasteiger partial charge on any atom is -0.363 e. The van der Waals surface area contributed by atoms with Gasteiger partial charge >= 0.3 is 0 Å². The maximum atomic E-state index is 13.7. The number of aromatic nitrogens is 2. The minimum absolute atomic E-state index is 0.0698. The van der Waals surface area contributed by atoms with Crippen LogP contribution in [0, 0.1) is 12.7 Å². The van der Waals surface area contributed by atoms with Gasteiger partial charge in [0.2, 0.25) is 0 Å². The van der Waals surface area contributed by atoms with E-state index >= 15 is 0 Å². The van der Waals surface area contributed by atoms with E-state index in [1.807, 2.05) is 30.0 Å². The van der Waals surface area contributed by atoms with Crippen LogP contribution in [0.3, 0.4) is 0 Å². The number of amides is 1. The quantitative estimate of drug-likeness (QED) is 0.659. The fourth-order valence-corrected chi connectivity index (χ4v) is 4.94. The average molecular weight is 397 g/mol. The second kappa shape index (κ2) is 6.53. The third-order valence-electron chi connectivity index (χ3n) is 5.57. The van der Waals surface area contributed by atoms with Gasteiger partial charge in [0.1, 0.15) is 23.8 Å². The number of thiophene rings is 1. The molecule has 144 valence electrons. The van der Waals surface area contributed by atoms with Gasteiger partial charge in [0.25, 0.3) is 5.91 Å². The molecule has 2 aliphatic heterocycles. The zero-order valence-corrected chi connectivity index (χ0v) is 16.3. The lowest BCUT2D eigenvalue weighted by atomic mass is 10.0. The van der Waals surface area contributed by atoms with Crippen molar-refractivity contribution in [3.63, 3.8) is 0 Å². The van der Waals surface area contributed by atoms with E-state index in [4.69, 9.17) is 4.74 Å². The molecule has 5 rings (SSSR count). The Morgan fingerprint density at radius 2 is 2.18 bits per heavy atom. The Labute approximate surface area is 166 Å². The fraction of sp³-hybridized carbons (Fsp3) is 0.333. The first-order valence-electron chi connectivity index (χ1n) is 9.33. The number of halogens is 1. The van der Waals surface area contributed by atoms with Crippen molar-refractivity contribution >= 4 is 17.2 Å². The van der Waals surface area contributed by atoms with E-state index in [1.54, 1.807) is 12.3 Å². The molecule has 0 bridgehead atoms. The van der Waals surface area contributed by atoms with Gasteiger partial charge in [-0.25, -0.2) is 9.37 Å². The first-order chi connectivity index (χ1) is 13.5. The molecule has 1 fully saturated rings. The third kappa shape index (κ3) is 2.95. The monoisotopic (exact) mass is 397 g/mol. The molecule has 1 spiro atoms. The number of carbonyl (C=O) groups excluding carboxylic acids is 1. The van der Waals surface area contributed by atoms with Crippen molar-refractivity contribution in [3.8, 4) is 11.3 Å². The summed E-state index contributed by atoms with van der Waals surface area (Å²) in [5.41, 5.74) is 1.27. The summed E-state index contributed by atoms with van der Waals surface area (Å²) in [5.74, 6) is 0.641. The van der Waals surface area contributed by atoms with E-state index in [1.165, 1.54) is 23.5 Å². The van der Waals surface area contributed by atoms with Gasteiger partial charge in [-0.3, -0.25) is 4.79 Å². The van der Waals surface area contributed by atoms with Gasteiger partial charge in [0.15, 0.2) is 0 Å². The lowest BCUT2D eigenvalue weighted by Crippen LogP contribution is -2.45. The molecular weight excluding hydrogens is 377 g/mol. The van der Waals surface area contributed by atoms with Crippen LogP contribution in [0.25, 0.3) is 11.3 Å². The number of hydrogen-bond donors (Lipinski definition) is 0. The van der Waals surface area contributed by atoms with Crippen LogP contribution >= 0.6 is 11.3 Å². The molecule has 1 aromatic carbocycles. The van der Waals surface area contributed by atoms with Crippen molar-refractivity contribution < 1.29 is 13.9 Å². The molecule has 5 nitrogen and oxygen atoms in total. The predicted octanol–water partition coefficient (Wildman–Crippen LogP) is 3.87. The van der Waals surface area contributed by atoms with Gasteiger partial charge in [-0.15, -0.1) is 11.3 Å². The molecule has 0 N–H and O–H groups in total. The molecule has 0 radical (unpaired) electrons. The summed E-state index contributed by atoms with van der Waals surface area (Å²) >= 11 is 1.53. The number of likely N-dealkylation sites (tertiary alicyclic amines) is 1. The number of benzene rings is 1. The van der Waals surface area contributed by atoms with Crippen molar-refractivity contribution in [2.24, 2.45) is 0 Å². The van der Waals surface area contributed by atoms with E-state index < -0.39 is 5.60 Å². The molecule has 28 heavy (non-hydrogen) atoms. The minimum atomic E-state index is -0.419. The highest BCUT2D eigenvalue weighted by atomic mass is 32.1. The molecule has 0 saturated carbocycles. The summed E-state index contributed by atoms with van der Waals surface area (Å²) in [6.07, 6.45) is 2.56. The molecule has 2 aliphatic rings. The lowest BCUT2D eigenvalue weighted by molar-refractivity contribution is -0.0804. The fourth-order valence-electron chi connectivity index (χ4n) is 4.11. The number of aryl methyl sites for hydroxylation is 1. The Balaban J connectivity index is 1.40. The van der Waals surface area contributed by atoms with Crippen LogP contribution < -0.4 is 0 Å². The topological polar surface area (TPSA) is 47.4 Å². The van der Waals surface area contributed by atoms with Crippen LogP contribution in [-0.4, -0.2) is 39.0 Å². The zero-order valence-electron chi connectivity index (χ0n) is 15.5. The first kappa shape index (κ1) is 17.6. The highest BCUT2D eigenvalue weighted by Gasteiger charge is 2.44. The van der Waals surface area contributed by atoms with E-state index in [9.17, 15) is 9.18 Å². The van der Waals surface area contributed by atoms with E-state index in [2.05, 4.69) is 9.55 Å². The van der Waals surface area contributed by atoms with E-state index in [0.29, 0.717) is 26.2 Å². The largest absolute Gasteiger partial charge is 0.363 e.